The number of carbonyl (C=O) groups is 1. The Morgan fingerprint density at radius 2 is 2.19 bits per heavy atom. The fourth-order valence-corrected chi connectivity index (χ4v) is 1.84. The molecule has 0 radical (unpaired) electrons. The van der Waals surface area contributed by atoms with E-state index >= 15 is 0 Å². The van der Waals surface area contributed by atoms with Crippen LogP contribution >= 0.6 is 11.6 Å². The van der Waals surface area contributed by atoms with Gasteiger partial charge in [-0.2, -0.15) is 9.78 Å². The minimum atomic E-state index is -0.608. The minimum Gasteiger partial charge on any atom is -0.442 e. The first kappa shape index (κ1) is 15.3. The van der Waals surface area contributed by atoms with Gasteiger partial charge in [-0.25, -0.2) is 9.79 Å². The molecule has 0 unspecified atom stereocenters. The Labute approximate surface area is 127 Å². The Bertz CT molecular complexity index is 701. The van der Waals surface area contributed by atoms with Crippen molar-refractivity contribution in [2.75, 3.05) is 5.88 Å². The number of hydrogen-bond acceptors (Lipinski definition) is 4. The van der Waals surface area contributed by atoms with Crippen LogP contribution in [0.3, 0.4) is 0 Å². The van der Waals surface area contributed by atoms with Gasteiger partial charge in [0.05, 0.1) is 17.8 Å². The van der Waals surface area contributed by atoms with E-state index in [0.29, 0.717) is 11.2 Å². The summed E-state index contributed by atoms with van der Waals surface area (Å²) in [6.45, 7) is 5.38. The second-order valence-electron chi connectivity index (χ2n) is 5.49. The van der Waals surface area contributed by atoms with E-state index in [1.165, 1.54) is 4.68 Å². The number of carbonyl (C=O) groups excluding carboxylic acids is 1. The number of benzene rings is 1. The number of rotatable bonds is 2. The predicted molar refractivity (Wildman–Crippen MR) is 83.4 cm³/mol. The molecule has 0 saturated carbocycles. The Morgan fingerprint density at radius 1 is 1.48 bits per heavy atom. The van der Waals surface area contributed by atoms with Gasteiger partial charge in [-0.15, -0.1) is 11.6 Å². The van der Waals surface area contributed by atoms with E-state index < -0.39 is 11.7 Å². The lowest BCUT2D eigenvalue weighted by molar-refractivity contribution is 0.0523. The van der Waals surface area contributed by atoms with Crippen molar-refractivity contribution in [3.8, 4) is 0 Å². The van der Waals surface area contributed by atoms with E-state index in [1.54, 1.807) is 33.0 Å². The van der Waals surface area contributed by atoms with E-state index in [2.05, 4.69) is 10.1 Å². The maximum atomic E-state index is 12.2. The molecule has 21 heavy (non-hydrogen) atoms. The van der Waals surface area contributed by atoms with E-state index in [1.807, 2.05) is 12.1 Å². The van der Waals surface area contributed by atoms with Gasteiger partial charge in [0.25, 0.3) is 0 Å². The van der Waals surface area contributed by atoms with Crippen LogP contribution in [0.25, 0.3) is 10.9 Å². The monoisotopic (exact) mass is 308 g/mol. The highest BCUT2D eigenvalue weighted by Crippen LogP contribution is 2.26. The molecule has 0 aliphatic rings. The van der Waals surface area contributed by atoms with Crippen molar-refractivity contribution in [2.45, 2.75) is 26.4 Å². The van der Waals surface area contributed by atoms with Crippen LogP contribution in [0.4, 0.5) is 10.5 Å². The second kappa shape index (κ2) is 5.73. The van der Waals surface area contributed by atoms with Gasteiger partial charge in [0.15, 0.2) is 0 Å². The van der Waals surface area contributed by atoms with Crippen molar-refractivity contribution in [3.63, 3.8) is 0 Å². The van der Waals surface area contributed by atoms with Crippen LogP contribution < -0.4 is 5.73 Å². The number of alkyl halides is 1. The number of fused-ring (bicyclic) bond motifs is 1. The zero-order valence-corrected chi connectivity index (χ0v) is 12.9. The third-order valence-corrected chi connectivity index (χ3v) is 2.81. The van der Waals surface area contributed by atoms with Crippen LogP contribution in [0.2, 0.25) is 0 Å². The van der Waals surface area contributed by atoms with E-state index in [9.17, 15) is 4.79 Å². The largest absolute Gasteiger partial charge is 0.442 e. The molecule has 2 rings (SSSR count). The zero-order valence-electron chi connectivity index (χ0n) is 12.1. The third kappa shape index (κ3) is 3.52. The van der Waals surface area contributed by atoms with Crippen molar-refractivity contribution >= 4 is 40.1 Å². The first-order chi connectivity index (χ1) is 9.81. The molecule has 0 spiro atoms. The maximum Gasteiger partial charge on any atom is 0.435 e. The van der Waals surface area contributed by atoms with Crippen molar-refractivity contribution < 1.29 is 9.53 Å². The van der Waals surface area contributed by atoms with Gasteiger partial charge in [0.1, 0.15) is 17.0 Å². The molecule has 112 valence electrons. The lowest BCUT2D eigenvalue weighted by Gasteiger charge is -2.19. The molecule has 1 heterocycles. The number of nitrogens with two attached hydrogens (primary N) is 1. The van der Waals surface area contributed by atoms with Crippen LogP contribution in [-0.4, -0.2) is 33.2 Å². The first-order valence-corrected chi connectivity index (χ1v) is 6.94. The summed E-state index contributed by atoms with van der Waals surface area (Å²) in [6.07, 6.45) is 1.01. The molecule has 0 aliphatic carbocycles. The summed E-state index contributed by atoms with van der Waals surface area (Å²) >= 11 is 5.65. The Kier molecular flexibility index (Phi) is 4.18. The molecule has 2 aromatic rings. The normalized spacial score (nSPS) is 12.7. The number of ether oxygens (including phenoxy) is 1. The van der Waals surface area contributed by atoms with Crippen LogP contribution in [0.5, 0.6) is 0 Å². The third-order valence-electron chi connectivity index (χ3n) is 2.54. The maximum absolute atomic E-state index is 12.2. The highest BCUT2D eigenvalue weighted by atomic mass is 35.5. The molecule has 1 aromatic carbocycles. The van der Waals surface area contributed by atoms with Gasteiger partial charge in [-0.05, 0) is 26.8 Å². The fraction of sp³-hybridized carbons (Fsp3) is 0.357. The SMILES string of the molecule is CC(C)(C)OC(=O)n1ncc2cccc(N=C(N)CCl)c21. The van der Waals surface area contributed by atoms with E-state index in [0.717, 1.165) is 5.39 Å². The molecule has 0 atom stereocenters. The zero-order chi connectivity index (χ0) is 15.6. The summed E-state index contributed by atoms with van der Waals surface area (Å²) in [5, 5.41) is 4.84. The van der Waals surface area contributed by atoms with Crippen LogP contribution in [0.15, 0.2) is 29.4 Å². The summed E-state index contributed by atoms with van der Waals surface area (Å²) in [7, 11) is 0. The van der Waals surface area contributed by atoms with Gasteiger partial charge in [0, 0.05) is 5.39 Å². The summed E-state index contributed by atoms with van der Waals surface area (Å²) in [4.78, 5) is 16.4. The molecule has 2 N–H and O–H groups in total. The number of para-hydroxylation sites is 1. The van der Waals surface area contributed by atoms with Crippen LogP contribution in [-0.2, 0) is 4.74 Å². The average Bonchev–Trinajstić information content (AvgIpc) is 2.81. The van der Waals surface area contributed by atoms with Gasteiger partial charge in [-0.1, -0.05) is 12.1 Å². The van der Waals surface area contributed by atoms with Crippen LogP contribution in [0, 0.1) is 0 Å². The summed E-state index contributed by atoms with van der Waals surface area (Å²) in [5.74, 6) is 0.373. The summed E-state index contributed by atoms with van der Waals surface area (Å²) in [6, 6.07) is 5.38. The van der Waals surface area contributed by atoms with Crippen molar-refractivity contribution in [1.29, 1.82) is 0 Å². The molecule has 7 heteroatoms. The second-order valence-corrected chi connectivity index (χ2v) is 5.76. The van der Waals surface area contributed by atoms with Crippen molar-refractivity contribution in [3.05, 3.63) is 24.4 Å². The molecule has 0 bridgehead atoms. The topological polar surface area (TPSA) is 82.5 Å². The Balaban J connectivity index is 2.53. The quantitative estimate of drug-likeness (QED) is 0.525. The standard InChI is InChI=1S/C14H17ClN4O2/c1-14(2,3)21-13(20)19-12-9(8-17-19)5-4-6-10(12)18-11(16)7-15/h4-6,8H,7H2,1-3H3,(H2,16,18). The molecular formula is C14H17ClN4O2. The van der Waals surface area contributed by atoms with Gasteiger partial charge >= 0.3 is 6.09 Å². The number of aliphatic imine (C=N–C) groups is 1. The number of amidine groups is 1. The van der Waals surface area contributed by atoms with Gasteiger partial charge in [0.2, 0.25) is 0 Å². The predicted octanol–water partition coefficient (Wildman–Crippen LogP) is 3.05. The Morgan fingerprint density at radius 3 is 2.81 bits per heavy atom. The van der Waals surface area contributed by atoms with Crippen molar-refractivity contribution in [2.24, 2.45) is 10.7 Å². The van der Waals surface area contributed by atoms with Crippen molar-refractivity contribution in [1.82, 2.24) is 9.78 Å². The number of hydrogen-bond donors (Lipinski definition) is 1. The molecule has 0 aliphatic heterocycles. The van der Waals surface area contributed by atoms with Gasteiger partial charge in [-0.3, -0.25) is 0 Å². The molecule has 0 fully saturated rings. The van der Waals surface area contributed by atoms with Gasteiger partial charge < -0.3 is 10.5 Å². The summed E-state index contributed by atoms with van der Waals surface area (Å²) < 4.78 is 6.51. The number of nitrogens with zero attached hydrogens (tertiary/aromatic N) is 3. The smallest absolute Gasteiger partial charge is 0.435 e. The molecule has 0 saturated heterocycles. The molecular weight excluding hydrogens is 292 g/mol. The van der Waals surface area contributed by atoms with Crippen LogP contribution in [0.1, 0.15) is 20.8 Å². The Hall–Kier alpha value is -2.08. The number of aromatic nitrogens is 2. The lowest BCUT2D eigenvalue weighted by Crippen LogP contribution is -2.27. The van der Waals surface area contributed by atoms with E-state index in [4.69, 9.17) is 22.1 Å². The lowest BCUT2D eigenvalue weighted by atomic mass is 10.2. The first-order valence-electron chi connectivity index (χ1n) is 6.41. The molecule has 1 aromatic heterocycles. The highest BCUT2D eigenvalue weighted by Gasteiger charge is 2.21. The number of halogens is 1. The highest BCUT2D eigenvalue weighted by molar-refractivity contribution is 6.28. The average molecular weight is 309 g/mol. The van der Waals surface area contributed by atoms with E-state index in [-0.39, 0.29) is 11.7 Å². The molecule has 0 amide bonds. The minimum absolute atomic E-state index is 0.108. The molecule has 6 nitrogen and oxygen atoms in total. The fourth-order valence-electron chi connectivity index (χ4n) is 1.78. The summed E-state index contributed by atoms with van der Waals surface area (Å²) in [5.41, 5.74) is 6.12.